The fourth-order valence-electron chi connectivity index (χ4n) is 8.34. The third-order valence-electron chi connectivity index (χ3n) is 9.63. The van der Waals surface area contributed by atoms with Gasteiger partial charge in [-0.15, -0.1) is 0 Å². The zero-order valence-corrected chi connectivity index (χ0v) is 17.8. The lowest BCUT2D eigenvalue weighted by Gasteiger charge is -2.57. The van der Waals surface area contributed by atoms with Gasteiger partial charge in [-0.1, -0.05) is 13.8 Å². The Morgan fingerprint density at radius 3 is 2.48 bits per heavy atom. The summed E-state index contributed by atoms with van der Waals surface area (Å²) in [6, 6.07) is 0. The molecule has 156 valence electrons. The topological polar surface area (TPSA) is 49.7 Å². The SMILES string of the molecule is CCOC[C@@]1(O)CC[C@H]2[C@H](CC[C@@H]3[C@@H]2CC[C@]2(C)[C@@H]([C@@H](O)CC)CC[C@@H]32)C1. The Labute approximate surface area is 166 Å². The van der Waals surface area contributed by atoms with Crippen LogP contribution in [0.15, 0.2) is 0 Å². The number of fused-ring (bicyclic) bond motifs is 5. The van der Waals surface area contributed by atoms with Gasteiger partial charge in [0.1, 0.15) is 0 Å². The van der Waals surface area contributed by atoms with E-state index in [9.17, 15) is 10.2 Å². The second kappa shape index (κ2) is 7.61. The molecule has 0 spiro atoms. The molecular weight excluding hydrogens is 336 g/mol. The quantitative estimate of drug-likeness (QED) is 0.723. The molecule has 2 N–H and O–H groups in total. The molecule has 0 amide bonds. The Morgan fingerprint density at radius 2 is 1.74 bits per heavy atom. The molecule has 4 aliphatic rings. The normalized spacial score (nSPS) is 50.6. The zero-order valence-electron chi connectivity index (χ0n) is 17.8. The van der Waals surface area contributed by atoms with E-state index in [0.717, 1.165) is 42.9 Å². The Bertz CT molecular complexity index is 522. The molecule has 3 nitrogen and oxygen atoms in total. The van der Waals surface area contributed by atoms with Crippen LogP contribution in [0, 0.1) is 40.9 Å². The van der Waals surface area contributed by atoms with Crippen molar-refractivity contribution in [2.75, 3.05) is 13.2 Å². The lowest BCUT2D eigenvalue weighted by molar-refractivity contribution is -0.131. The average Bonchev–Trinajstić information content (AvgIpc) is 3.02. The molecule has 0 aliphatic heterocycles. The van der Waals surface area contributed by atoms with Crippen molar-refractivity contribution in [2.45, 2.75) is 96.7 Å². The summed E-state index contributed by atoms with van der Waals surface area (Å²) in [5.41, 5.74) is -0.204. The van der Waals surface area contributed by atoms with Gasteiger partial charge in [0.15, 0.2) is 0 Å². The highest BCUT2D eigenvalue weighted by Gasteiger charge is 2.58. The van der Waals surface area contributed by atoms with Gasteiger partial charge in [0.25, 0.3) is 0 Å². The summed E-state index contributed by atoms with van der Waals surface area (Å²) in [7, 11) is 0. The maximum Gasteiger partial charge on any atom is 0.0883 e. The highest BCUT2D eigenvalue weighted by atomic mass is 16.5. The average molecular weight is 379 g/mol. The van der Waals surface area contributed by atoms with E-state index in [1.54, 1.807) is 0 Å². The van der Waals surface area contributed by atoms with Crippen molar-refractivity contribution in [2.24, 2.45) is 40.9 Å². The molecule has 9 atom stereocenters. The summed E-state index contributed by atoms with van der Waals surface area (Å²) in [6.07, 6.45) is 11.8. The van der Waals surface area contributed by atoms with Crippen molar-refractivity contribution in [3.8, 4) is 0 Å². The summed E-state index contributed by atoms with van der Waals surface area (Å²) in [5.74, 6) is 4.62. The van der Waals surface area contributed by atoms with Crippen LogP contribution in [0.4, 0.5) is 0 Å². The second-order valence-electron chi connectivity index (χ2n) is 10.7. The molecule has 4 fully saturated rings. The Morgan fingerprint density at radius 1 is 0.963 bits per heavy atom. The van der Waals surface area contributed by atoms with Crippen molar-refractivity contribution < 1.29 is 14.9 Å². The predicted octanol–water partition coefficient (Wildman–Crippen LogP) is 4.79. The fourth-order valence-corrected chi connectivity index (χ4v) is 8.34. The number of hydrogen-bond acceptors (Lipinski definition) is 3. The van der Waals surface area contributed by atoms with Crippen LogP contribution in [0.5, 0.6) is 0 Å². The molecule has 0 aromatic heterocycles. The molecule has 4 aliphatic carbocycles. The summed E-state index contributed by atoms with van der Waals surface area (Å²) in [4.78, 5) is 0. The first-order chi connectivity index (χ1) is 12.9. The van der Waals surface area contributed by atoms with Gasteiger partial charge in [-0.2, -0.15) is 0 Å². The van der Waals surface area contributed by atoms with Crippen LogP contribution in [0.2, 0.25) is 0 Å². The van der Waals surface area contributed by atoms with E-state index in [1.165, 1.54) is 44.9 Å². The lowest BCUT2D eigenvalue weighted by atomic mass is 9.48. The maximum atomic E-state index is 11.0. The molecule has 0 radical (unpaired) electrons. The van der Waals surface area contributed by atoms with Crippen molar-refractivity contribution in [1.82, 2.24) is 0 Å². The Kier molecular flexibility index (Phi) is 5.68. The molecule has 0 aromatic rings. The molecule has 4 rings (SSSR count). The maximum absolute atomic E-state index is 11.0. The number of hydrogen-bond donors (Lipinski definition) is 2. The number of aliphatic hydroxyl groups excluding tert-OH is 1. The van der Waals surface area contributed by atoms with Crippen LogP contribution in [-0.2, 0) is 4.74 Å². The molecule has 3 heteroatoms. The highest BCUT2D eigenvalue weighted by Crippen LogP contribution is 2.65. The molecule has 27 heavy (non-hydrogen) atoms. The van der Waals surface area contributed by atoms with Crippen LogP contribution >= 0.6 is 0 Å². The molecular formula is C24H42O3. The summed E-state index contributed by atoms with van der Waals surface area (Å²) in [5, 5.41) is 21.6. The van der Waals surface area contributed by atoms with E-state index in [0.29, 0.717) is 30.5 Å². The van der Waals surface area contributed by atoms with E-state index in [4.69, 9.17) is 4.74 Å². The summed E-state index contributed by atoms with van der Waals surface area (Å²) >= 11 is 0. The predicted molar refractivity (Wildman–Crippen MR) is 108 cm³/mol. The van der Waals surface area contributed by atoms with E-state index < -0.39 is 5.60 Å². The standard InChI is InChI=1S/C24H42O3/c1-4-22(25)21-9-8-20-19-7-6-16-14-24(26,15-27-5-2)13-11-17(16)18(19)10-12-23(20,21)3/h16-22,25-26H,4-15H2,1-3H3/t16-,17+,18-,19-,20+,21-,22+,23+,24-/m1/s1. The number of aliphatic hydroxyl groups is 2. The van der Waals surface area contributed by atoms with Gasteiger partial charge in [0.2, 0.25) is 0 Å². The summed E-state index contributed by atoms with van der Waals surface area (Å²) < 4.78 is 5.60. The van der Waals surface area contributed by atoms with Crippen molar-refractivity contribution in [1.29, 1.82) is 0 Å². The van der Waals surface area contributed by atoms with Crippen molar-refractivity contribution in [3.05, 3.63) is 0 Å². The van der Waals surface area contributed by atoms with Crippen molar-refractivity contribution >= 4 is 0 Å². The van der Waals surface area contributed by atoms with Gasteiger partial charge < -0.3 is 14.9 Å². The minimum atomic E-state index is -0.573. The fraction of sp³-hybridized carbons (Fsp3) is 1.00. The lowest BCUT2D eigenvalue weighted by Crippen LogP contribution is -2.52. The van der Waals surface area contributed by atoms with Crippen molar-refractivity contribution in [3.63, 3.8) is 0 Å². The molecule has 0 saturated heterocycles. The first-order valence-electron chi connectivity index (χ1n) is 11.9. The monoisotopic (exact) mass is 378 g/mol. The largest absolute Gasteiger partial charge is 0.393 e. The molecule has 0 unspecified atom stereocenters. The van der Waals surface area contributed by atoms with Gasteiger partial charge in [0.05, 0.1) is 18.3 Å². The molecule has 0 aromatic carbocycles. The van der Waals surface area contributed by atoms with Crippen LogP contribution in [-0.4, -0.2) is 35.1 Å². The van der Waals surface area contributed by atoms with Crippen LogP contribution < -0.4 is 0 Å². The zero-order chi connectivity index (χ0) is 19.2. The van der Waals surface area contributed by atoms with E-state index in [2.05, 4.69) is 13.8 Å². The number of ether oxygens (including phenoxy) is 1. The third kappa shape index (κ3) is 3.40. The summed E-state index contributed by atoms with van der Waals surface area (Å²) in [6.45, 7) is 7.90. The van der Waals surface area contributed by atoms with Crippen LogP contribution in [0.25, 0.3) is 0 Å². The second-order valence-corrected chi connectivity index (χ2v) is 10.7. The minimum absolute atomic E-state index is 0.101. The smallest absolute Gasteiger partial charge is 0.0883 e. The highest BCUT2D eigenvalue weighted by molar-refractivity contribution is 5.08. The number of rotatable bonds is 5. The van der Waals surface area contributed by atoms with E-state index in [-0.39, 0.29) is 6.10 Å². The van der Waals surface area contributed by atoms with Crippen LogP contribution in [0.3, 0.4) is 0 Å². The Hall–Kier alpha value is -0.120. The van der Waals surface area contributed by atoms with Gasteiger partial charge in [-0.25, -0.2) is 0 Å². The molecule has 0 heterocycles. The first kappa shape index (κ1) is 20.2. The molecule has 4 saturated carbocycles. The van der Waals surface area contributed by atoms with Gasteiger partial charge in [-0.05, 0) is 112 Å². The van der Waals surface area contributed by atoms with Gasteiger partial charge in [-0.3, -0.25) is 0 Å². The first-order valence-corrected chi connectivity index (χ1v) is 11.9. The van der Waals surface area contributed by atoms with Gasteiger partial charge in [0, 0.05) is 6.61 Å². The third-order valence-corrected chi connectivity index (χ3v) is 9.63. The van der Waals surface area contributed by atoms with E-state index in [1.807, 2.05) is 6.92 Å². The minimum Gasteiger partial charge on any atom is -0.393 e. The Balaban J connectivity index is 1.46. The van der Waals surface area contributed by atoms with E-state index >= 15 is 0 Å². The van der Waals surface area contributed by atoms with Crippen LogP contribution in [0.1, 0.15) is 85.0 Å². The molecule has 0 bridgehead atoms. The van der Waals surface area contributed by atoms with Gasteiger partial charge >= 0.3 is 0 Å².